The van der Waals surface area contributed by atoms with Crippen molar-refractivity contribution >= 4 is 11.6 Å². The number of nitrogens with one attached hydrogen (secondary N) is 1. The number of amides is 2. The molecule has 1 atom stereocenters. The van der Waals surface area contributed by atoms with Gasteiger partial charge in [-0.05, 0) is 43.2 Å². The van der Waals surface area contributed by atoms with E-state index in [0.717, 1.165) is 33.5 Å². The third-order valence-electron chi connectivity index (χ3n) is 6.45. The summed E-state index contributed by atoms with van der Waals surface area (Å²) in [6.07, 6.45) is 0. The van der Waals surface area contributed by atoms with Gasteiger partial charge >= 0.3 is 6.03 Å². The zero-order chi connectivity index (χ0) is 25.9. The molecule has 37 heavy (non-hydrogen) atoms. The number of ether oxygens (including phenoxy) is 2. The molecule has 4 aromatic rings. The maximum Gasteiger partial charge on any atom is 0.322 e. The van der Waals surface area contributed by atoms with Crippen LogP contribution in [-0.2, 0) is 6.54 Å². The van der Waals surface area contributed by atoms with Crippen LogP contribution in [0.1, 0.15) is 35.5 Å². The Morgan fingerprint density at radius 1 is 0.946 bits per heavy atom. The molecule has 0 saturated heterocycles. The summed E-state index contributed by atoms with van der Waals surface area (Å²) in [5.41, 5.74) is 5.31. The first kappa shape index (κ1) is 24.1. The van der Waals surface area contributed by atoms with Gasteiger partial charge in [-0.15, -0.1) is 0 Å². The van der Waals surface area contributed by atoms with Crippen molar-refractivity contribution in [2.24, 2.45) is 0 Å². The summed E-state index contributed by atoms with van der Waals surface area (Å²) in [7, 11) is 3.16. The Morgan fingerprint density at radius 3 is 2.46 bits per heavy atom. The lowest BCUT2D eigenvalue weighted by Crippen LogP contribution is -2.45. The number of aryl methyl sites for hydroxylation is 1. The fraction of sp³-hybridized carbons (Fsp3) is 0.207. The molecule has 0 aliphatic carbocycles. The van der Waals surface area contributed by atoms with Gasteiger partial charge in [0.1, 0.15) is 0 Å². The van der Waals surface area contributed by atoms with Crippen LogP contribution in [0, 0.1) is 6.92 Å². The van der Waals surface area contributed by atoms with E-state index in [2.05, 4.69) is 16.5 Å². The van der Waals surface area contributed by atoms with E-state index in [-0.39, 0.29) is 6.03 Å². The molecule has 0 radical (unpaired) electrons. The van der Waals surface area contributed by atoms with Gasteiger partial charge in [0, 0.05) is 11.3 Å². The van der Waals surface area contributed by atoms with E-state index in [1.165, 1.54) is 0 Å². The van der Waals surface area contributed by atoms with Gasteiger partial charge in [0.05, 0.1) is 32.4 Å². The van der Waals surface area contributed by atoms with Crippen LogP contribution in [0.25, 0.3) is 17.0 Å². The summed E-state index contributed by atoms with van der Waals surface area (Å²) in [4.78, 5) is 19.7. The quantitative estimate of drug-likeness (QED) is 0.350. The molecule has 3 aromatic carbocycles. The van der Waals surface area contributed by atoms with Gasteiger partial charge in [-0.1, -0.05) is 65.3 Å². The van der Waals surface area contributed by atoms with E-state index in [1.54, 1.807) is 31.3 Å². The molecule has 0 saturated carbocycles. The standard InChI is InChI=1S/C29H28N4O4/c1-18-9-8-10-20(15-18)17-33-19(2)25(26(30-29(33)34)21-11-6-5-7-12-21)28-31-27(32-37-28)22-13-14-23(35-3)24(16-22)36-4/h5-16,26H,17H2,1-4H3,(H,30,34). The van der Waals surface area contributed by atoms with Crippen molar-refractivity contribution in [1.82, 2.24) is 20.4 Å². The lowest BCUT2D eigenvalue weighted by Gasteiger charge is -2.35. The highest BCUT2D eigenvalue weighted by atomic mass is 16.5. The molecule has 1 N–H and O–H groups in total. The van der Waals surface area contributed by atoms with Gasteiger partial charge in [0.2, 0.25) is 5.82 Å². The van der Waals surface area contributed by atoms with Crippen LogP contribution >= 0.6 is 0 Å². The fourth-order valence-corrected chi connectivity index (χ4v) is 4.56. The Labute approximate surface area is 215 Å². The number of benzene rings is 3. The molecular formula is C29H28N4O4. The van der Waals surface area contributed by atoms with Crippen LogP contribution in [0.5, 0.6) is 11.5 Å². The number of hydrogen-bond donors (Lipinski definition) is 1. The van der Waals surface area contributed by atoms with E-state index in [1.807, 2.05) is 68.4 Å². The number of hydrogen-bond acceptors (Lipinski definition) is 6. The summed E-state index contributed by atoms with van der Waals surface area (Å²) in [6, 6.07) is 22.7. The fourth-order valence-electron chi connectivity index (χ4n) is 4.56. The normalized spacial score (nSPS) is 15.5. The van der Waals surface area contributed by atoms with Crippen molar-refractivity contribution in [3.63, 3.8) is 0 Å². The van der Waals surface area contributed by atoms with Crippen molar-refractivity contribution in [3.05, 3.63) is 101 Å². The van der Waals surface area contributed by atoms with Crippen molar-refractivity contribution in [3.8, 4) is 22.9 Å². The van der Waals surface area contributed by atoms with Gasteiger partial charge in [-0.3, -0.25) is 4.90 Å². The van der Waals surface area contributed by atoms with Gasteiger partial charge in [0.25, 0.3) is 5.89 Å². The second kappa shape index (κ2) is 10.2. The minimum atomic E-state index is -0.443. The van der Waals surface area contributed by atoms with E-state index in [4.69, 9.17) is 19.0 Å². The van der Waals surface area contributed by atoms with E-state index in [9.17, 15) is 4.79 Å². The first-order valence-electron chi connectivity index (χ1n) is 11.9. The Kier molecular flexibility index (Phi) is 6.64. The Bertz CT molecular complexity index is 1460. The maximum absolute atomic E-state index is 13.3. The highest BCUT2D eigenvalue weighted by molar-refractivity contribution is 5.87. The third-order valence-corrected chi connectivity index (χ3v) is 6.45. The average Bonchev–Trinajstić information content (AvgIpc) is 3.40. The summed E-state index contributed by atoms with van der Waals surface area (Å²) >= 11 is 0. The van der Waals surface area contributed by atoms with Crippen molar-refractivity contribution < 1.29 is 18.8 Å². The predicted molar refractivity (Wildman–Crippen MR) is 140 cm³/mol. The molecule has 2 heterocycles. The van der Waals surface area contributed by atoms with Gasteiger partial charge in [-0.2, -0.15) is 4.98 Å². The van der Waals surface area contributed by atoms with E-state index >= 15 is 0 Å². The van der Waals surface area contributed by atoms with Gasteiger partial charge in [0.15, 0.2) is 11.5 Å². The van der Waals surface area contributed by atoms with Crippen LogP contribution in [0.2, 0.25) is 0 Å². The average molecular weight is 497 g/mol. The largest absolute Gasteiger partial charge is 0.493 e. The van der Waals surface area contributed by atoms with Crippen molar-refractivity contribution in [2.45, 2.75) is 26.4 Å². The van der Waals surface area contributed by atoms with Crippen LogP contribution < -0.4 is 14.8 Å². The predicted octanol–water partition coefficient (Wildman–Crippen LogP) is 5.76. The molecule has 8 heteroatoms. The Hall–Kier alpha value is -4.59. The molecule has 0 spiro atoms. The van der Waals surface area contributed by atoms with E-state index in [0.29, 0.717) is 29.8 Å². The SMILES string of the molecule is COc1ccc(-c2noc(C3=C(C)N(Cc4cccc(C)c4)C(=O)NC3c3ccccc3)n2)cc1OC. The monoisotopic (exact) mass is 496 g/mol. The second-order valence-corrected chi connectivity index (χ2v) is 8.86. The molecule has 0 bridgehead atoms. The lowest BCUT2D eigenvalue weighted by atomic mass is 9.94. The van der Waals surface area contributed by atoms with Crippen LogP contribution in [-0.4, -0.2) is 35.3 Å². The van der Waals surface area contributed by atoms with Gasteiger partial charge in [-0.25, -0.2) is 4.79 Å². The third kappa shape index (κ3) is 4.78. The van der Waals surface area contributed by atoms with Crippen molar-refractivity contribution in [2.75, 3.05) is 14.2 Å². The second-order valence-electron chi connectivity index (χ2n) is 8.86. The number of urea groups is 1. The topological polar surface area (TPSA) is 89.7 Å². The Balaban J connectivity index is 1.58. The molecule has 5 rings (SSSR count). The smallest absolute Gasteiger partial charge is 0.322 e. The van der Waals surface area contributed by atoms with Crippen LogP contribution in [0.3, 0.4) is 0 Å². The zero-order valence-electron chi connectivity index (χ0n) is 21.2. The summed E-state index contributed by atoms with van der Waals surface area (Å²) < 4.78 is 16.6. The van der Waals surface area contributed by atoms with Crippen molar-refractivity contribution in [1.29, 1.82) is 0 Å². The molecule has 0 fully saturated rings. The number of carbonyl (C=O) groups excluding carboxylic acids is 1. The number of methoxy groups -OCH3 is 2. The molecule has 2 amide bonds. The molecule has 1 aromatic heterocycles. The zero-order valence-corrected chi connectivity index (χ0v) is 21.2. The highest BCUT2D eigenvalue weighted by Gasteiger charge is 2.35. The van der Waals surface area contributed by atoms with Gasteiger partial charge < -0.3 is 19.3 Å². The highest BCUT2D eigenvalue weighted by Crippen LogP contribution is 2.38. The molecule has 1 unspecified atom stereocenters. The number of carbonyl (C=O) groups is 1. The number of aromatic nitrogens is 2. The number of rotatable bonds is 7. The number of nitrogens with zero attached hydrogens (tertiary/aromatic N) is 3. The van der Waals surface area contributed by atoms with Crippen LogP contribution in [0.4, 0.5) is 4.79 Å². The Morgan fingerprint density at radius 2 is 1.73 bits per heavy atom. The molecule has 8 nitrogen and oxygen atoms in total. The first-order chi connectivity index (χ1) is 18.0. The maximum atomic E-state index is 13.3. The number of allylic oxidation sites excluding steroid dienone is 1. The van der Waals surface area contributed by atoms with Crippen LogP contribution in [0.15, 0.2) is 83.0 Å². The van der Waals surface area contributed by atoms with E-state index < -0.39 is 6.04 Å². The summed E-state index contributed by atoms with van der Waals surface area (Å²) in [6.45, 7) is 4.37. The molecule has 188 valence electrons. The summed E-state index contributed by atoms with van der Waals surface area (Å²) in [5.74, 6) is 1.92. The molecule has 1 aliphatic rings. The minimum absolute atomic E-state index is 0.184. The molecule has 1 aliphatic heterocycles. The molecular weight excluding hydrogens is 468 g/mol. The first-order valence-corrected chi connectivity index (χ1v) is 11.9. The summed E-state index contributed by atoms with van der Waals surface area (Å²) in [5, 5.41) is 7.39. The minimum Gasteiger partial charge on any atom is -0.493 e. The lowest BCUT2D eigenvalue weighted by molar-refractivity contribution is 0.203.